The van der Waals surface area contributed by atoms with Gasteiger partial charge >= 0.3 is 5.97 Å². The first-order chi connectivity index (χ1) is 18.9. The molecule has 0 atom stereocenters. The molecule has 2 aromatic carbocycles. The van der Waals surface area contributed by atoms with Gasteiger partial charge < -0.3 is 18.6 Å². The second kappa shape index (κ2) is 11.5. The molecule has 0 unspecified atom stereocenters. The zero-order chi connectivity index (χ0) is 27.2. The van der Waals surface area contributed by atoms with E-state index in [1.807, 2.05) is 71.3 Å². The van der Waals surface area contributed by atoms with Crippen LogP contribution in [0.2, 0.25) is 0 Å². The summed E-state index contributed by atoms with van der Waals surface area (Å²) in [4.78, 5) is 22.6. The number of imidazole rings is 1. The highest BCUT2D eigenvalue weighted by Gasteiger charge is 2.30. The van der Waals surface area contributed by atoms with Crippen LogP contribution in [0.1, 0.15) is 36.6 Å². The summed E-state index contributed by atoms with van der Waals surface area (Å²) in [7, 11) is 1.55. The summed E-state index contributed by atoms with van der Waals surface area (Å²) in [5.74, 6) is 0.789. The van der Waals surface area contributed by atoms with Gasteiger partial charge in [0.25, 0.3) is 0 Å². The third kappa shape index (κ3) is 6.02. The topological polar surface area (TPSA) is 88.1 Å². The normalized spacial score (nSPS) is 11.6. The standard InChI is InChI=1S/C31H31N3O5/c1-31(2,20-36-3)30(35)39-21-38-29-26(18-24-15-10-16-37-24)33-28-25(17-22-11-6-4-7-12-22)32-27(19-34(28)29)23-13-8-5-9-14-23/h4-16,19H,17-18,20-21H2,1-3H3. The first kappa shape index (κ1) is 26.2. The van der Waals surface area contributed by atoms with Gasteiger partial charge in [0.1, 0.15) is 11.5 Å². The van der Waals surface area contributed by atoms with E-state index in [4.69, 9.17) is 28.6 Å². The Balaban J connectivity index is 1.57. The number of methoxy groups -OCH3 is 1. The van der Waals surface area contributed by atoms with Crippen LogP contribution in [0, 0.1) is 5.41 Å². The number of hydrogen-bond acceptors (Lipinski definition) is 7. The van der Waals surface area contributed by atoms with Crippen LogP contribution in [0.25, 0.3) is 16.9 Å². The lowest BCUT2D eigenvalue weighted by molar-refractivity contribution is -0.163. The maximum Gasteiger partial charge on any atom is 0.316 e. The van der Waals surface area contributed by atoms with Crippen molar-refractivity contribution in [3.63, 3.8) is 0 Å². The minimum absolute atomic E-state index is 0.236. The van der Waals surface area contributed by atoms with Crippen LogP contribution >= 0.6 is 0 Å². The molecule has 0 saturated heterocycles. The van der Waals surface area contributed by atoms with E-state index in [1.165, 1.54) is 0 Å². The van der Waals surface area contributed by atoms with E-state index in [0.717, 1.165) is 28.3 Å². The molecule has 0 N–H and O–H groups in total. The van der Waals surface area contributed by atoms with Crippen molar-refractivity contribution in [2.45, 2.75) is 26.7 Å². The first-order valence-corrected chi connectivity index (χ1v) is 12.8. The van der Waals surface area contributed by atoms with Gasteiger partial charge in [-0.05, 0) is 31.5 Å². The molecule has 3 heterocycles. The number of esters is 1. The summed E-state index contributed by atoms with van der Waals surface area (Å²) in [5, 5.41) is 0. The zero-order valence-electron chi connectivity index (χ0n) is 22.3. The molecule has 0 spiro atoms. The fourth-order valence-electron chi connectivity index (χ4n) is 4.39. The highest BCUT2D eigenvalue weighted by molar-refractivity contribution is 5.76. The third-order valence-corrected chi connectivity index (χ3v) is 6.35. The second-order valence-electron chi connectivity index (χ2n) is 9.93. The summed E-state index contributed by atoms with van der Waals surface area (Å²) in [5.41, 5.74) is 4.18. The Morgan fingerprint density at radius 1 is 0.923 bits per heavy atom. The number of nitrogens with zero attached hydrogens (tertiary/aromatic N) is 3. The van der Waals surface area contributed by atoms with Crippen molar-refractivity contribution in [2.75, 3.05) is 20.5 Å². The van der Waals surface area contributed by atoms with Crippen molar-refractivity contribution < 1.29 is 23.4 Å². The second-order valence-corrected chi connectivity index (χ2v) is 9.93. The summed E-state index contributed by atoms with van der Waals surface area (Å²) in [6.07, 6.45) is 4.52. The van der Waals surface area contributed by atoms with Gasteiger partial charge in [0.15, 0.2) is 5.65 Å². The van der Waals surface area contributed by atoms with E-state index in [1.54, 1.807) is 27.2 Å². The number of rotatable bonds is 11. The molecule has 0 aliphatic carbocycles. The van der Waals surface area contributed by atoms with Gasteiger partial charge in [0.05, 0.1) is 36.1 Å². The molecule has 0 aliphatic rings. The molecule has 3 aromatic heterocycles. The molecular formula is C31H31N3O5. The van der Waals surface area contributed by atoms with Crippen molar-refractivity contribution in [1.82, 2.24) is 14.4 Å². The lowest BCUT2D eigenvalue weighted by Gasteiger charge is -2.21. The van der Waals surface area contributed by atoms with Gasteiger partial charge in [-0.15, -0.1) is 0 Å². The number of ether oxygens (including phenoxy) is 3. The van der Waals surface area contributed by atoms with E-state index in [0.29, 0.717) is 30.1 Å². The Kier molecular flexibility index (Phi) is 7.74. The maximum absolute atomic E-state index is 12.7. The molecule has 5 rings (SSSR count). The molecule has 0 aliphatic heterocycles. The first-order valence-electron chi connectivity index (χ1n) is 12.8. The Morgan fingerprint density at radius 2 is 1.67 bits per heavy atom. The van der Waals surface area contributed by atoms with E-state index in [9.17, 15) is 4.79 Å². The predicted octanol–water partition coefficient (Wildman–Crippen LogP) is 5.72. The van der Waals surface area contributed by atoms with Crippen LogP contribution < -0.4 is 4.74 Å². The molecule has 0 radical (unpaired) electrons. The fraction of sp³-hybridized carbons (Fsp3) is 0.258. The van der Waals surface area contributed by atoms with E-state index >= 15 is 0 Å². The molecule has 0 fully saturated rings. The number of furan rings is 1. The molecule has 5 aromatic rings. The zero-order valence-corrected chi connectivity index (χ0v) is 22.3. The van der Waals surface area contributed by atoms with Crippen molar-refractivity contribution in [2.24, 2.45) is 5.41 Å². The van der Waals surface area contributed by atoms with Crippen molar-refractivity contribution >= 4 is 11.6 Å². The fourth-order valence-corrected chi connectivity index (χ4v) is 4.39. The van der Waals surface area contributed by atoms with Crippen LogP contribution in [0.15, 0.2) is 89.7 Å². The average molecular weight is 526 g/mol. The van der Waals surface area contributed by atoms with Crippen LogP contribution in [0.3, 0.4) is 0 Å². The van der Waals surface area contributed by atoms with Crippen LogP contribution in [0.4, 0.5) is 0 Å². The largest absolute Gasteiger partial charge is 0.469 e. The molecule has 0 saturated carbocycles. The number of hydrogen-bond donors (Lipinski definition) is 0. The Labute approximate surface area is 227 Å². The number of carbonyl (C=O) groups excluding carboxylic acids is 1. The van der Waals surface area contributed by atoms with Crippen molar-refractivity contribution in [3.05, 3.63) is 108 Å². The van der Waals surface area contributed by atoms with Gasteiger partial charge in [0, 0.05) is 25.3 Å². The number of benzene rings is 2. The lowest BCUT2D eigenvalue weighted by atomic mass is 9.95. The SMILES string of the molecule is COCC(C)(C)C(=O)OCOc1c(Cc2ccco2)nc2c(Cc3ccccc3)nc(-c3ccccc3)cn12. The van der Waals surface area contributed by atoms with Gasteiger partial charge in [-0.3, -0.25) is 9.20 Å². The highest BCUT2D eigenvalue weighted by Crippen LogP contribution is 2.29. The van der Waals surface area contributed by atoms with Gasteiger partial charge in [0.2, 0.25) is 12.7 Å². The molecule has 0 bridgehead atoms. The molecule has 8 heteroatoms. The summed E-state index contributed by atoms with van der Waals surface area (Å²) in [6.45, 7) is 3.49. The number of carbonyl (C=O) groups is 1. The van der Waals surface area contributed by atoms with Gasteiger partial charge in [-0.2, -0.15) is 0 Å². The Hall–Kier alpha value is -4.43. The van der Waals surface area contributed by atoms with E-state index in [-0.39, 0.29) is 13.4 Å². The van der Waals surface area contributed by atoms with Gasteiger partial charge in [-0.1, -0.05) is 60.7 Å². The average Bonchev–Trinajstić information content (AvgIpc) is 3.58. The molecular weight excluding hydrogens is 494 g/mol. The van der Waals surface area contributed by atoms with Crippen molar-refractivity contribution in [3.8, 4) is 17.1 Å². The Bertz CT molecular complexity index is 1530. The summed E-state index contributed by atoms with van der Waals surface area (Å²) < 4.78 is 24.3. The summed E-state index contributed by atoms with van der Waals surface area (Å²) in [6, 6.07) is 23.8. The van der Waals surface area contributed by atoms with E-state index in [2.05, 4.69) is 12.1 Å². The number of aromatic nitrogens is 3. The van der Waals surface area contributed by atoms with Crippen LogP contribution in [0.5, 0.6) is 5.88 Å². The quantitative estimate of drug-likeness (QED) is 0.161. The Morgan fingerprint density at radius 3 is 2.36 bits per heavy atom. The molecule has 0 amide bonds. The van der Waals surface area contributed by atoms with Crippen LogP contribution in [-0.2, 0) is 27.1 Å². The molecule has 39 heavy (non-hydrogen) atoms. The lowest BCUT2D eigenvalue weighted by Crippen LogP contribution is -2.32. The monoisotopic (exact) mass is 525 g/mol. The maximum atomic E-state index is 12.7. The van der Waals surface area contributed by atoms with E-state index < -0.39 is 11.4 Å². The molecule has 8 nitrogen and oxygen atoms in total. The van der Waals surface area contributed by atoms with Crippen molar-refractivity contribution in [1.29, 1.82) is 0 Å². The van der Waals surface area contributed by atoms with Crippen LogP contribution in [-0.4, -0.2) is 40.8 Å². The number of fused-ring (bicyclic) bond motifs is 1. The highest BCUT2D eigenvalue weighted by atomic mass is 16.7. The predicted molar refractivity (Wildman–Crippen MR) is 146 cm³/mol. The third-order valence-electron chi connectivity index (χ3n) is 6.35. The smallest absolute Gasteiger partial charge is 0.316 e. The minimum Gasteiger partial charge on any atom is -0.469 e. The molecule has 200 valence electrons. The minimum atomic E-state index is -0.804. The summed E-state index contributed by atoms with van der Waals surface area (Å²) >= 11 is 0. The van der Waals surface area contributed by atoms with Gasteiger partial charge in [-0.25, -0.2) is 9.97 Å².